The number of nitrogen functional groups attached to an aromatic ring is 1. The maximum atomic E-state index is 7.20. The minimum absolute atomic E-state index is 0.332. The molecule has 0 aliphatic heterocycles. The summed E-state index contributed by atoms with van der Waals surface area (Å²) in [5, 5.41) is 7.61. The molecule has 2 aromatic rings. The third-order valence-electron chi connectivity index (χ3n) is 2.18. The Kier molecular flexibility index (Phi) is 2.83. The van der Waals surface area contributed by atoms with Gasteiger partial charge in [-0.15, -0.1) is 0 Å². The van der Waals surface area contributed by atoms with E-state index in [1.807, 2.05) is 6.07 Å². The van der Waals surface area contributed by atoms with E-state index in [1.54, 1.807) is 24.5 Å². The normalized spacial score (nSPS) is 10.1. The fraction of sp³-hybridized carbons (Fsp3) is 0. The first-order chi connectivity index (χ1) is 7.72. The van der Waals surface area contributed by atoms with Crippen LogP contribution in [-0.4, -0.2) is 16.2 Å². The third kappa shape index (κ3) is 1.87. The maximum Gasteiger partial charge on any atom is 0.136 e. The van der Waals surface area contributed by atoms with E-state index in [2.05, 4.69) is 9.97 Å². The van der Waals surface area contributed by atoms with Gasteiger partial charge < -0.3 is 11.1 Å². The highest BCUT2D eigenvalue weighted by molar-refractivity contribution is 6.32. The molecule has 0 spiro atoms. The number of aromatic nitrogens is 2. The summed E-state index contributed by atoms with van der Waals surface area (Å²) in [5.74, 6) is 0.332. The van der Waals surface area contributed by atoms with Crippen molar-refractivity contribution in [3.05, 3.63) is 41.3 Å². The number of rotatable bonds is 2. The highest BCUT2D eigenvalue weighted by atomic mass is 35.5. The number of nitrogens with one attached hydrogen (secondary N) is 1. The van der Waals surface area contributed by atoms with E-state index < -0.39 is 0 Å². The second-order valence-corrected chi connectivity index (χ2v) is 3.54. The summed E-state index contributed by atoms with van der Waals surface area (Å²) in [6.07, 6.45) is 4.40. The molecule has 16 heavy (non-hydrogen) atoms. The van der Waals surface area contributed by atoms with Gasteiger partial charge in [0, 0.05) is 35.3 Å². The van der Waals surface area contributed by atoms with Crippen LogP contribution in [0, 0.1) is 5.41 Å². The van der Waals surface area contributed by atoms with Crippen LogP contribution in [0.15, 0.2) is 30.6 Å². The first-order valence-corrected chi connectivity index (χ1v) is 4.97. The van der Waals surface area contributed by atoms with Crippen LogP contribution in [0.2, 0.25) is 5.15 Å². The first-order valence-electron chi connectivity index (χ1n) is 4.59. The summed E-state index contributed by atoms with van der Waals surface area (Å²) < 4.78 is 0. The molecule has 2 aromatic heterocycles. The van der Waals surface area contributed by atoms with Crippen LogP contribution in [0.4, 0.5) is 5.82 Å². The van der Waals surface area contributed by atoms with Crippen molar-refractivity contribution in [1.82, 2.24) is 9.97 Å². The van der Waals surface area contributed by atoms with Crippen molar-refractivity contribution < 1.29 is 0 Å². The highest BCUT2D eigenvalue weighted by Gasteiger charge is 2.06. The van der Waals surface area contributed by atoms with Crippen LogP contribution >= 0.6 is 11.6 Å². The van der Waals surface area contributed by atoms with Gasteiger partial charge in [0.05, 0.1) is 0 Å². The summed E-state index contributed by atoms with van der Waals surface area (Å²) in [6.45, 7) is 0. The lowest BCUT2D eigenvalue weighted by atomic mass is 10.1. The predicted octanol–water partition coefficient (Wildman–Crippen LogP) is 2.38. The number of pyridine rings is 2. The molecule has 0 saturated heterocycles. The molecule has 0 aromatic carbocycles. The summed E-state index contributed by atoms with van der Waals surface area (Å²) >= 11 is 5.97. The molecule has 0 saturated carbocycles. The van der Waals surface area contributed by atoms with Gasteiger partial charge in [0.1, 0.15) is 11.0 Å². The Balaban J connectivity index is 2.57. The Bertz CT molecular complexity index is 539. The molecule has 0 radical (unpaired) electrons. The van der Waals surface area contributed by atoms with Crippen LogP contribution in [0.5, 0.6) is 0 Å². The topological polar surface area (TPSA) is 75.7 Å². The number of nitrogens with zero attached hydrogens (tertiary/aromatic N) is 2. The van der Waals surface area contributed by atoms with Gasteiger partial charge in [-0.25, -0.2) is 9.97 Å². The van der Waals surface area contributed by atoms with Crippen LogP contribution < -0.4 is 5.73 Å². The van der Waals surface area contributed by atoms with Gasteiger partial charge in [-0.1, -0.05) is 11.6 Å². The Labute approximate surface area is 97.6 Å². The molecule has 4 nitrogen and oxygen atoms in total. The van der Waals surface area contributed by atoms with Crippen molar-refractivity contribution in [2.45, 2.75) is 0 Å². The van der Waals surface area contributed by atoms with Gasteiger partial charge in [-0.2, -0.15) is 0 Å². The quantitative estimate of drug-likeness (QED) is 0.617. The monoisotopic (exact) mass is 232 g/mol. The van der Waals surface area contributed by atoms with E-state index in [0.29, 0.717) is 16.5 Å². The molecule has 0 amide bonds. The van der Waals surface area contributed by atoms with Gasteiger partial charge in [0.2, 0.25) is 0 Å². The van der Waals surface area contributed by atoms with E-state index in [1.165, 1.54) is 0 Å². The van der Waals surface area contributed by atoms with Crippen molar-refractivity contribution in [2.75, 3.05) is 5.73 Å². The molecule has 0 aliphatic carbocycles. The molecule has 0 aliphatic rings. The zero-order valence-corrected chi connectivity index (χ0v) is 9.07. The molecular weight excluding hydrogens is 224 g/mol. The fourth-order valence-electron chi connectivity index (χ4n) is 1.36. The lowest BCUT2D eigenvalue weighted by Crippen LogP contribution is -1.97. The maximum absolute atomic E-state index is 7.20. The largest absolute Gasteiger partial charge is 0.383 e. The van der Waals surface area contributed by atoms with Crippen molar-refractivity contribution >= 4 is 23.6 Å². The average Bonchev–Trinajstić information content (AvgIpc) is 2.31. The van der Waals surface area contributed by atoms with Gasteiger partial charge in [-0.05, 0) is 18.2 Å². The zero-order chi connectivity index (χ0) is 11.5. The van der Waals surface area contributed by atoms with Gasteiger partial charge in [0.25, 0.3) is 0 Å². The lowest BCUT2D eigenvalue weighted by molar-refractivity contribution is 1.29. The summed E-state index contributed by atoms with van der Waals surface area (Å²) in [5.41, 5.74) is 7.75. The average molecular weight is 233 g/mol. The number of anilines is 1. The molecule has 0 unspecified atom stereocenters. The van der Waals surface area contributed by atoms with Crippen LogP contribution in [-0.2, 0) is 0 Å². The Morgan fingerprint density at radius 1 is 1.38 bits per heavy atom. The summed E-state index contributed by atoms with van der Waals surface area (Å²) in [6, 6.07) is 5.40. The first kappa shape index (κ1) is 10.6. The Morgan fingerprint density at radius 3 is 2.88 bits per heavy atom. The predicted molar refractivity (Wildman–Crippen MR) is 64.8 cm³/mol. The molecule has 0 fully saturated rings. The minimum Gasteiger partial charge on any atom is -0.383 e. The molecule has 0 atom stereocenters. The SMILES string of the molecule is N=Cc1cc(-c2cccnc2Cl)cnc1N. The Hall–Kier alpha value is -1.94. The van der Waals surface area contributed by atoms with Crippen LogP contribution in [0.25, 0.3) is 11.1 Å². The number of nitrogens with two attached hydrogens (primary N) is 1. The third-order valence-corrected chi connectivity index (χ3v) is 2.48. The number of halogens is 1. The minimum atomic E-state index is 0.332. The van der Waals surface area contributed by atoms with Crippen molar-refractivity contribution in [1.29, 1.82) is 5.41 Å². The number of hydrogen-bond donors (Lipinski definition) is 2. The standard InChI is InChI=1S/C11H9ClN4/c12-10-9(2-1-3-15-10)8-4-7(5-13)11(14)16-6-8/h1-6,13H,(H2,14,16). The highest BCUT2D eigenvalue weighted by Crippen LogP contribution is 2.26. The summed E-state index contributed by atoms with van der Waals surface area (Å²) in [7, 11) is 0. The van der Waals surface area contributed by atoms with E-state index >= 15 is 0 Å². The smallest absolute Gasteiger partial charge is 0.136 e. The fourth-order valence-corrected chi connectivity index (χ4v) is 1.59. The zero-order valence-electron chi connectivity index (χ0n) is 8.31. The molecule has 5 heteroatoms. The second kappa shape index (κ2) is 4.28. The molecule has 2 heterocycles. The van der Waals surface area contributed by atoms with E-state index in [9.17, 15) is 0 Å². The van der Waals surface area contributed by atoms with Crippen molar-refractivity contribution in [3.63, 3.8) is 0 Å². The van der Waals surface area contributed by atoms with Gasteiger partial charge in [-0.3, -0.25) is 0 Å². The van der Waals surface area contributed by atoms with Gasteiger partial charge >= 0.3 is 0 Å². The van der Waals surface area contributed by atoms with Crippen molar-refractivity contribution in [3.8, 4) is 11.1 Å². The second-order valence-electron chi connectivity index (χ2n) is 3.18. The molecule has 0 bridgehead atoms. The van der Waals surface area contributed by atoms with E-state index in [0.717, 1.165) is 17.3 Å². The van der Waals surface area contributed by atoms with Crippen LogP contribution in [0.3, 0.4) is 0 Å². The van der Waals surface area contributed by atoms with Crippen molar-refractivity contribution in [2.24, 2.45) is 0 Å². The van der Waals surface area contributed by atoms with E-state index in [4.69, 9.17) is 22.7 Å². The molecule has 2 rings (SSSR count). The van der Waals surface area contributed by atoms with Crippen LogP contribution in [0.1, 0.15) is 5.56 Å². The lowest BCUT2D eigenvalue weighted by Gasteiger charge is -2.05. The molecular formula is C11H9ClN4. The summed E-state index contributed by atoms with van der Waals surface area (Å²) in [4.78, 5) is 7.99. The Morgan fingerprint density at radius 2 is 2.19 bits per heavy atom. The van der Waals surface area contributed by atoms with Gasteiger partial charge in [0.15, 0.2) is 0 Å². The molecule has 80 valence electrons. The van der Waals surface area contributed by atoms with E-state index in [-0.39, 0.29) is 0 Å². The molecule has 3 N–H and O–H groups in total. The number of hydrogen-bond acceptors (Lipinski definition) is 4.